The summed E-state index contributed by atoms with van der Waals surface area (Å²) in [7, 11) is -2.84. The van der Waals surface area contributed by atoms with Gasteiger partial charge in [-0.15, -0.1) is 0 Å². The highest BCUT2D eigenvalue weighted by molar-refractivity contribution is 7.87. The van der Waals surface area contributed by atoms with Crippen molar-refractivity contribution in [3.05, 3.63) is 78.0 Å². The molecule has 0 saturated carbocycles. The maximum atomic E-state index is 13.2. The minimum atomic E-state index is -4.22. The average molecular weight is 462 g/mol. The van der Waals surface area contributed by atoms with E-state index < -0.39 is 15.9 Å². The SMILES string of the molecule is CCC(C)N(Cc1ccc(OC)c(OS(=O)(=O)c2ccc(F)cc2)c1)C(=O)c1ccco1. The summed E-state index contributed by atoms with van der Waals surface area (Å²) in [6.07, 6.45) is 2.15. The molecule has 0 fully saturated rings. The second-order valence-corrected chi connectivity index (χ2v) is 8.69. The molecule has 170 valence electrons. The van der Waals surface area contributed by atoms with Gasteiger partial charge in [0, 0.05) is 12.6 Å². The zero-order valence-electron chi connectivity index (χ0n) is 17.9. The van der Waals surface area contributed by atoms with Crippen molar-refractivity contribution < 1.29 is 30.9 Å². The predicted octanol–water partition coefficient (Wildman–Crippen LogP) is 4.64. The van der Waals surface area contributed by atoms with E-state index in [2.05, 4.69) is 0 Å². The smallest absolute Gasteiger partial charge is 0.339 e. The lowest BCUT2D eigenvalue weighted by molar-refractivity contribution is 0.0638. The molecule has 0 N–H and O–H groups in total. The summed E-state index contributed by atoms with van der Waals surface area (Å²) in [6, 6.07) is 12.2. The molecular weight excluding hydrogens is 437 g/mol. The molecule has 32 heavy (non-hydrogen) atoms. The molecule has 1 heterocycles. The Morgan fingerprint density at radius 1 is 1.12 bits per heavy atom. The third-order valence-electron chi connectivity index (χ3n) is 5.00. The zero-order chi connectivity index (χ0) is 23.3. The normalized spacial score (nSPS) is 12.2. The molecule has 3 rings (SSSR count). The van der Waals surface area contributed by atoms with Gasteiger partial charge in [0.05, 0.1) is 13.4 Å². The fraction of sp³-hybridized carbons (Fsp3) is 0.261. The first-order valence-electron chi connectivity index (χ1n) is 9.96. The first kappa shape index (κ1) is 23.3. The van der Waals surface area contributed by atoms with Crippen LogP contribution in [0.3, 0.4) is 0 Å². The number of carbonyl (C=O) groups excluding carboxylic acids is 1. The highest BCUT2D eigenvalue weighted by Crippen LogP contribution is 2.32. The number of benzene rings is 2. The second kappa shape index (κ2) is 9.86. The van der Waals surface area contributed by atoms with Crippen molar-refractivity contribution in [1.82, 2.24) is 4.90 Å². The fourth-order valence-corrected chi connectivity index (χ4v) is 3.97. The van der Waals surface area contributed by atoms with Crippen LogP contribution in [0.25, 0.3) is 0 Å². The van der Waals surface area contributed by atoms with Crippen LogP contribution in [0.2, 0.25) is 0 Å². The van der Waals surface area contributed by atoms with Gasteiger partial charge in [0.15, 0.2) is 17.3 Å². The van der Waals surface area contributed by atoms with Crippen molar-refractivity contribution in [2.75, 3.05) is 7.11 Å². The minimum absolute atomic E-state index is 0.0381. The number of hydrogen-bond acceptors (Lipinski definition) is 6. The summed E-state index contributed by atoms with van der Waals surface area (Å²) in [5.41, 5.74) is 0.635. The van der Waals surface area contributed by atoms with Crippen LogP contribution < -0.4 is 8.92 Å². The molecule has 0 radical (unpaired) electrons. The van der Waals surface area contributed by atoms with Crippen LogP contribution in [0.5, 0.6) is 11.5 Å². The quantitative estimate of drug-likeness (QED) is 0.432. The van der Waals surface area contributed by atoms with E-state index >= 15 is 0 Å². The van der Waals surface area contributed by atoms with E-state index in [1.807, 2.05) is 13.8 Å². The minimum Gasteiger partial charge on any atom is -0.493 e. The van der Waals surface area contributed by atoms with E-state index in [-0.39, 0.29) is 40.6 Å². The molecule has 0 saturated heterocycles. The molecule has 3 aromatic rings. The Morgan fingerprint density at radius 3 is 2.44 bits per heavy atom. The number of halogens is 1. The van der Waals surface area contributed by atoms with Crippen LogP contribution in [-0.2, 0) is 16.7 Å². The summed E-state index contributed by atoms with van der Waals surface area (Å²) in [6.45, 7) is 4.08. The summed E-state index contributed by atoms with van der Waals surface area (Å²) in [5.74, 6) is -0.457. The first-order valence-corrected chi connectivity index (χ1v) is 11.4. The van der Waals surface area contributed by atoms with Gasteiger partial charge in [0.25, 0.3) is 5.91 Å². The van der Waals surface area contributed by atoms with Crippen LogP contribution >= 0.6 is 0 Å². The Kier molecular flexibility index (Phi) is 7.19. The molecule has 1 aromatic heterocycles. The summed E-state index contributed by atoms with van der Waals surface area (Å²) in [4.78, 5) is 14.4. The van der Waals surface area contributed by atoms with Crippen LogP contribution in [0.4, 0.5) is 4.39 Å². The third kappa shape index (κ3) is 5.28. The summed E-state index contributed by atoms with van der Waals surface area (Å²) >= 11 is 0. The zero-order valence-corrected chi connectivity index (χ0v) is 18.8. The van der Waals surface area contributed by atoms with Gasteiger partial charge in [-0.05, 0) is 67.4 Å². The molecule has 0 aliphatic heterocycles. The number of hydrogen-bond donors (Lipinski definition) is 0. The molecular formula is C23H24FNO6S. The highest BCUT2D eigenvalue weighted by atomic mass is 32.2. The number of amides is 1. The van der Waals surface area contributed by atoms with Gasteiger partial charge in [0.2, 0.25) is 0 Å². The number of methoxy groups -OCH3 is 1. The molecule has 2 aromatic carbocycles. The van der Waals surface area contributed by atoms with Gasteiger partial charge < -0.3 is 18.2 Å². The van der Waals surface area contributed by atoms with E-state index in [4.69, 9.17) is 13.3 Å². The van der Waals surface area contributed by atoms with Crippen molar-refractivity contribution in [2.45, 2.75) is 37.8 Å². The van der Waals surface area contributed by atoms with Crippen molar-refractivity contribution >= 4 is 16.0 Å². The largest absolute Gasteiger partial charge is 0.493 e. The Hall–Kier alpha value is -3.33. The van der Waals surface area contributed by atoms with Gasteiger partial charge in [-0.25, -0.2) is 4.39 Å². The lowest BCUT2D eigenvalue weighted by atomic mass is 10.1. The Balaban J connectivity index is 1.90. The Bertz CT molecular complexity index is 1160. The number of rotatable bonds is 9. The standard InChI is InChI=1S/C23H24FNO6S/c1-4-16(2)25(23(26)21-6-5-13-30-21)15-17-7-12-20(29-3)22(14-17)31-32(27,28)19-10-8-18(24)9-11-19/h5-14,16H,4,15H2,1-3H3. The molecule has 0 bridgehead atoms. The molecule has 1 unspecified atom stereocenters. The first-order chi connectivity index (χ1) is 15.2. The van der Waals surface area contributed by atoms with Gasteiger partial charge >= 0.3 is 10.1 Å². The topological polar surface area (TPSA) is 86.0 Å². The summed E-state index contributed by atoms with van der Waals surface area (Å²) in [5, 5.41) is 0. The fourth-order valence-electron chi connectivity index (χ4n) is 3.04. The monoisotopic (exact) mass is 461 g/mol. The predicted molar refractivity (Wildman–Crippen MR) is 116 cm³/mol. The van der Waals surface area contributed by atoms with Gasteiger partial charge in [-0.3, -0.25) is 4.79 Å². The van der Waals surface area contributed by atoms with E-state index in [1.165, 1.54) is 19.4 Å². The lowest BCUT2D eigenvalue weighted by Gasteiger charge is -2.28. The number of nitrogens with zero attached hydrogens (tertiary/aromatic N) is 1. The number of furan rings is 1. The van der Waals surface area contributed by atoms with E-state index in [9.17, 15) is 17.6 Å². The molecule has 7 nitrogen and oxygen atoms in total. The average Bonchev–Trinajstić information content (AvgIpc) is 3.32. The van der Waals surface area contributed by atoms with Crippen molar-refractivity contribution in [3.8, 4) is 11.5 Å². The molecule has 1 atom stereocenters. The molecule has 0 aliphatic carbocycles. The maximum Gasteiger partial charge on any atom is 0.339 e. The van der Waals surface area contributed by atoms with Crippen molar-refractivity contribution in [2.24, 2.45) is 0 Å². The molecule has 0 spiro atoms. The Labute approximate surface area is 186 Å². The maximum absolute atomic E-state index is 13.2. The Morgan fingerprint density at radius 2 is 1.84 bits per heavy atom. The summed E-state index contributed by atoms with van der Waals surface area (Å²) < 4.78 is 54.3. The lowest BCUT2D eigenvalue weighted by Crippen LogP contribution is -2.37. The van der Waals surface area contributed by atoms with Crippen LogP contribution in [-0.4, -0.2) is 32.4 Å². The van der Waals surface area contributed by atoms with E-state index in [0.717, 1.165) is 24.3 Å². The van der Waals surface area contributed by atoms with Crippen LogP contribution in [0.1, 0.15) is 36.4 Å². The van der Waals surface area contributed by atoms with E-state index in [0.29, 0.717) is 12.0 Å². The number of carbonyl (C=O) groups is 1. The van der Waals surface area contributed by atoms with E-state index in [1.54, 1.807) is 29.2 Å². The molecule has 9 heteroatoms. The molecule has 1 amide bonds. The highest BCUT2D eigenvalue weighted by Gasteiger charge is 2.24. The van der Waals surface area contributed by atoms with Crippen LogP contribution in [0.15, 0.2) is 70.2 Å². The van der Waals surface area contributed by atoms with Crippen molar-refractivity contribution in [1.29, 1.82) is 0 Å². The van der Waals surface area contributed by atoms with Gasteiger partial charge in [-0.1, -0.05) is 13.0 Å². The second-order valence-electron chi connectivity index (χ2n) is 7.14. The van der Waals surface area contributed by atoms with Crippen molar-refractivity contribution in [3.63, 3.8) is 0 Å². The van der Waals surface area contributed by atoms with Crippen LogP contribution in [0, 0.1) is 5.82 Å². The van der Waals surface area contributed by atoms with Gasteiger partial charge in [0.1, 0.15) is 10.7 Å². The third-order valence-corrected chi connectivity index (χ3v) is 6.25. The van der Waals surface area contributed by atoms with Gasteiger partial charge in [-0.2, -0.15) is 8.42 Å². The molecule has 0 aliphatic rings. The number of ether oxygens (including phenoxy) is 1.